The van der Waals surface area contributed by atoms with Gasteiger partial charge in [0.25, 0.3) is 0 Å². The molecule has 0 saturated heterocycles. The van der Waals surface area contributed by atoms with E-state index < -0.39 is 0 Å². The first-order valence-electron chi connectivity index (χ1n) is 15.9. The standard InChI is InChI=1S/C43H25N3O2/c1-2-10-27(11-3-1)41-44-42(31-20-22-37-35(24-31)32-13-6-7-15-36(32)47-37)46-43(45-41)34-14-8-16-38-40(34)33-21-19-30(25-39(33)48-38)29-18-17-26-9-4-5-12-28(26)23-29/h1-25H. The van der Waals surface area contributed by atoms with Gasteiger partial charge in [0.15, 0.2) is 17.5 Å². The van der Waals surface area contributed by atoms with Crippen molar-refractivity contribution >= 4 is 54.6 Å². The second kappa shape index (κ2) is 10.5. The molecule has 0 spiro atoms. The Bertz CT molecular complexity index is 2850. The minimum Gasteiger partial charge on any atom is -0.456 e. The fourth-order valence-electron chi connectivity index (χ4n) is 6.77. The summed E-state index contributed by atoms with van der Waals surface area (Å²) in [7, 11) is 0. The molecule has 0 saturated carbocycles. The molecule has 10 aromatic rings. The van der Waals surface area contributed by atoms with Crippen LogP contribution in [0.1, 0.15) is 0 Å². The molecule has 5 nitrogen and oxygen atoms in total. The number of furan rings is 2. The molecular weight excluding hydrogens is 590 g/mol. The van der Waals surface area contributed by atoms with Gasteiger partial charge in [0.05, 0.1) is 0 Å². The van der Waals surface area contributed by atoms with E-state index in [1.807, 2.05) is 72.8 Å². The van der Waals surface area contributed by atoms with Crippen LogP contribution in [-0.4, -0.2) is 15.0 Å². The predicted molar refractivity (Wildman–Crippen MR) is 194 cm³/mol. The molecule has 0 amide bonds. The fraction of sp³-hybridized carbons (Fsp3) is 0. The summed E-state index contributed by atoms with van der Waals surface area (Å²) in [5.41, 5.74) is 8.23. The van der Waals surface area contributed by atoms with Crippen molar-refractivity contribution in [3.8, 4) is 45.3 Å². The summed E-state index contributed by atoms with van der Waals surface area (Å²) in [5.74, 6) is 1.79. The van der Waals surface area contributed by atoms with Crippen LogP contribution in [0, 0.1) is 0 Å². The van der Waals surface area contributed by atoms with Gasteiger partial charge in [0.2, 0.25) is 0 Å². The van der Waals surface area contributed by atoms with Crippen molar-refractivity contribution in [2.45, 2.75) is 0 Å². The van der Waals surface area contributed by atoms with Crippen LogP contribution in [0.4, 0.5) is 0 Å². The highest BCUT2D eigenvalue weighted by Crippen LogP contribution is 2.39. The van der Waals surface area contributed by atoms with Gasteiger partial charge in [-0.3, -0.25) is 0 Å². The van der Waals surface area contributed by atoms with Crippen LogP contribution in [0.3, 0.4) is 0 Å². The van der Waals surface area contributed by atoms with Crippen molar-refractivity contribution in [2.24, 2.45) is 0 Å². The molecule has 5 heteroatoms. The largest absolute Gasteiger partial charge is 0.456 e. The zero-order valence-corrected chi connectivity index (χ0v) is 25.6. The van der Waals surface area contributed by atoms with E-state index in [2.05, 4.69) is 78.9 Å². The Hall–Kier alpha value is -6.59. The molecule has 0 radical (unpaired) electrons. The number of nitrogens with zero attached hydrogens (tertiary/aromatic N) is 3. The Morgan fingerprint density at radius 1 is 0.333 bits per heavy atom. The van der Waals surface area contributed by atoms with E-state index in [0.717, 1.165) is 71.7 Å². The van der Waals surface area contributed by atoms with Crippen LogP contribution in [0.5, 0.6) is 0 Å². The Morgan fingerprint density at radius 3 is 1.92 bits per heavy atom. The molecule has 3 aromatic heterocycles. The summed E-state index contributed by atoms with van der Waals surface area (Å²) < 4.78 is 12.6. The number of fused-ring (bicyclic) bond motifs is 7. The molecule has 0 N–H and O–H groups in total. The topological polar surface area (TPSA) is 65.0 Å². The number of hydrogen-bond acceptors (Lipinski definition) is 5. The lowest BCUT2D eigenvalue weighted by atomic mass is 9.99. The van der Waals surface area contributed by atoms with Gasteiger partial charge in [-0.2, -0.15) is 0 Å². The first-order valence-corrected chi connectivity index (χ1v) is 15.9. The van der Waals surface area contributed by atoms with Crippen LogP contribution in [-0.2, 0) is 0 Å². The molecule has 0 aliphatic heterocycles. The van der Waals surface area contributed by atoms with Crippen molar-refractivity contribution in [1.82, 2.24) is 15.0 Å². The molecule has 48 heavy (non-hydrogen) atoms. The normalized spacial score (nSPS) is 11.8. The second-order valence-corrected chi connectivity index (χ2v) is 12.0. The number of rotatable bonds is 4. The lowest BCUT2D eigenvalue weighted by Gasteiger charge is -2.09. The molecular formula is C43H25N3O2. The molecule has 0 fully saturated rings. The number of aromatic nitrogens is 3. The van der Waals surface area contributed by atoms with Gasteiger partial charge < -0.3 is 8.83 Å². The summed E-state index contributed by atoms with van der Waals surface area (Å²) >= 11 is 0. The summed E-state index contributed by atoms with van der Waals surface area (Å²) in [6.45, 7) is 0. The van der Waals surface area contributed by atoms with Gasteiger partial charge in [0.1, 0.15) is 22.3 Å². The van der Waals surface area contributed by atoms with E-state index in [9.17, 15) is 0 Å². The van der Waals surface area contributed by atoms with Crippen LogP contribution in [0.25, 0.3) is 99.9 Å². The first kappa shape index (κ1) is 26.6. The van der Waals surface area contributed by atoms with Gasteiger partial charge in [-0.05, 0) is 70.4 Å². The maximum atomic E-state index is 6.49. The van der Waals surface area contributed by atoms with Gasteiger partial charge >= 0.3 is 0 Å². The zero-order chi connectivity index (χ0) is 31.6. The third kappa shape index (κ3) is 4.29. The molecule has 0 atom stereocenters. The Kier molecular flexibility index (Phi) is 5.81. The smallest absolute Gasteiger partial charge is 0.164 e. The quantitative estimate of drug-likeness (QED) is 0.197. The summed E-state index contributed by atoms with van der Waals surface area (Å²) in [6, 6.07) is 51.7. The summed E-state index contributed by atoms with van der Waals surface area (Å²) in [4.78, 5) is 15.1. The number of para-hydroxylation sites is 1. The molecule has 7 aromatic carbocycles. The van der Waals surface area contributed by atoms with Gasteiger partial charge in [-0.1, -0.05) is 103 Å². The maximum Gasteiger partial charge on any atom is 0.164 e. The van der Waals surface area contributed by atoms with Gasteiger partial charge in [-0.15, -0.1) is 0 Å². The third-order valence-corrected chi connectivity index (χ3v) is 9.12. The predicted octanol–water partition coefficient (Wildman–Crippen LogP) is 11.5. The monoisotopic (exact) mass is 615 g/mol. The Labute approximate surface area is 274 Å². The average molecular weight is 616 g/mol. The minimum atomic E-state index is 0.586. The molecule has 0 unspecified atom stereocenters. The van der Waals surface area contributed by atoms with Crippen molar-refractivity contribution in [1.29, 1.82) is 0 Å². The molecule has 0 aliphatic carbocycles. The van der Waals surface area contributed by atoms with E-state index in [4.69, 9.17) is 23.8 Å². The van der Waals surface area contributed by atoms with Crippen molar-refractivity contribution in [3.05, 3.63) is 152 Å². The van der Waals surface area contributed by atoms with Gasteiger partial charge in [0, 0.05) is 38.2 Å². The Morgan fingerprint density at radius 2 is 1.00 bits per heavy atom. The van der Waals surface area contributed by atoms with E-state index >= 15 is 0 Å². The van der Waals surface area contributed by atoms with E-state index in [1.54, 1.807) is 0 Å². The lowest BCUT2D eigenvalue weighted by molar-refractivity contribution is 0.668. The highest BCUT2D eigenvalue weighted by Gasteiger charge is 2.19. The lowest BCUT2D eigenvalue weighted by Crippen LogP contribution is -2.00. The van der Waals surface area contributed by atoms with Crippen molar-refractivity contribution < 1.29 is 8.83 Å². The summed E-state index contributed by atoms with van der Waals surface area (Å²) in [5, 5.41) is 6.51. The molecule has 10 rings (SSSR count). The van der Waals surface area contributed by atoms with Crippen LogP contribution in [0.15, 0.2) is 160 Å². The van der Waals surface area contributed by atoms with E-state index in [-0.39, 0.29) is 0 Å². The molecule has 3 heterocycles. The first-order chi connectivity index (χ1) is 23.7. The molecule has 0 bridgehead atoms. The van der Waals surface area contributed by atoms with E-state index in [0.29, 0.717) is 17.5 Å². The third-order valence-electron chi connectivity index (χ3n) is 9.12. The van der Waals surface area contributed by atoms with Crippen LogP contribution >= 0.6 is 0 Å². The van der Waals surface area contributed by atoms with Crippen molar-refractivity contribution in [2.75, 3.05) is 0 Å². The van der Waals surface area contributed by atoms with Crippen LogP contribution in [0.2, 0.25) is 0 Å². The number of hydrogen-bond donors (Lipinski definition) is 0. The maximum absolute atomic E-state index is 6.49. The van der Waals surface area contributed by atoms with Crippen molar-refractivity contribution in [3.63, 3.8) is 0 Å². The van der Waals surface area contributed by atoms with E-state index in [1.165, 1.54) is 10.8 Å². The zero-order valence-electron chi connectivity index (χ0n) is 25.6. The minimum absolute atomic E-state index is 0.586. The molecule has 224 valence electrons. The van der Waals surface area contributed by atoms with Gasteiger partial charge in [-0.25, -0.2) is 15.0 Å². The average Bonchev–Trinajstić information content (AvgIpc) is 3.72. The fourth-order valence-corrected chi connectivity index (χ4v) is 6.77. The van der Waals surface area contributed by atoms with Crippen LogP contribution < -0.4 is 0 Å². The highest BCUT2D eigenvalue weighted by molar-refractivity contribution is 6.12. The number of benzene rings is 7. The summed E-state index contributed by atoms with van der Waals surface area (Å²) in [6.07, 6.45) is 0. The molecule has 0 aliphatic rings. The highest BCUT2D eigenvalue weighted by atomic mass is 16.3. The Balaban J connectivity index is 1.16. The SMILES string of the molecule is c1ccc(-c2nc(-c3ccc4oc5ccccc5c4c3)nc(-c3cccc4oc5cc(-c6ccc7ccccc7c6)ccc5c34)n2)cc1. The second-order valence-electron chi connectivity index (χ2n) is 12.0.